The third kappa shape index (κ3) is 3.90. The molecular weight excluding hydrogens is 400 g/mol. The van der Waals surface area contributed by atoms with Gasteiger partial charge in [0, 0.05) is 60.3 Å². The predicted molar refractivity (Wildman–Crippen MR) is 117 cm³/mol. The molecule has 0 aliphatic carbocycles. The van der Waals surface area contributed by atoms with Crippen LogP contribution in [-0.4, -0.2) is 67.2 Å². The number of carbonyl (C=O) groups is 1. The number of amides is 1. The second-order valence-electron chi connectivity index (χ2n) is 7.64. The van der Waals surface area contributed by atoms with Gasteiger partial charge < -0.3 is 19.7 Å². The van der Waals surface area contributed by atoms with E-state index in [1.807, 2.05) is 23.2 Å². The SMILES string of the molecule is CC(=O)N1CCN(c2ccc(NCCn3cnc4c3c(=O)n(C)c(=O)n4C)nc2)CC1. The monoisotopic (exact) mass is 426 g/mol. The molecule has 1 fully saturated rings. The first-order valence-electron chi connectivity index (χ1n) is 10.2. The third-order valence-electron chi connectivity index (χ3n) is 5.71. The second kappa shape index (κ2) is 8.25. The number of aryl methyl sites for hydroxylation is 1. The molecule has 31 heavy (non-hydrogen) atoms. The van der Waals surface area contributed by atoms with Crippen LogP contribution in [0.2, 0.25) is 0 Å². The maximum absolute atomic E-state index is 12.5. The van der Waals surface area contributed by atoms with Gasteiger partial charge in [-0.3, -0.25) is 18.7 Å². The van der Waals surface area contributed by atoms with Crippen molar-refractivity contribution >= 4 is 28.6 Å². The Morgan fingerprint density at radius 1 is 1.06 bits per heavy atom. The molecule has 0 aromatic carbocycles. The zero-order chi connectivity index (χ0) is 22.1. The van der Waals surface area contributed by atoms with Gasteiger partial charge in [0.1, 0.15) is 5.82 Å². The van der Waals surface area contributed by atoms with Crippen LogP contribution in [0.3, 0.4) is 0 Å². The van der Waals surface area contributed by atoms with Crippen LogP contribution in [0.1, 0.15) is 6.92 Å². The van der Waals surface area contributed by atoms with E-state index in [9.17, 15) is 14.4 Å². The molecule has 0 atom stereocenters. The Hall–Kier alpha value is -3.63. The van der Waals surface area contributed by atoms with Gasteiger partial charge in [0.15, 0.2) is 11.2 Å². The summed E-state index contributed by atoms with van der Waals surface area (Å²) in [6, 6.07) is 3.93. The first kappa shape index (κ1) is 20.6. The summed E-state index contributed by atoms with van der Waals surface area (Å²) < 4.78 is 4.20. The van der Waals surface area contributed by atoms with Gasteiger partial charge in [-0.25, -0.2) is 14.8 Å². The van der Waals surface area contributed by atoms with Crippen molar-refractivity contribution < 1.29 is 4.79 Å². The Balaban J connectivity index is 1.38. The first-order chi connectivity index (χ1) is 14.9. The maximum Gasteiger partial charge on any atom is 0.332 e. The normalized spacial score (nSPS) is 14.3. The fraction of sp³-hybridized carbons (Fsp3) is 0.450. The van der Waals surface area contributed by atoms with E-state index in [1.165, 1.54) is 11.6 Å². The number of nitrogens with one attached hydrogen (secondary N) is 1. The number of rotatable bonds is 5. The van der Waals surface area contributed by atoms with Gasteiger partial charge in [0.05, 0.1) is 18.2 Å². The fourth-order valence-electron chi connectivity index (χ4n) is 3.83. The Kier molecular flexibility index (Phi) is 5.49. The van der Waals surface area contributed by atoms with E-state index < -0.39 is 5.69 Å². The Bertz CT molecular complexity index is 1220. The molecule has 3 aromatic heterocycles. The van der Waals surface area contributed by atoms with Crippen molar-refractivity contribution in [3.63, 3.8) is 0 Å². The van der Waals surface area contributed by atoms with Gasteiger partial charge in [0.25, 0.3) is 5.56 Å². The Morgan fingerprint density at radius 2 is 1.81 bits per heavy atom. The molecule has 11 heteroatoms. The van der Waals surface area contributed by atoms with Gasteiger partial charge in [-0.1, -0.05) is 0 Å². The van der Waals surface area contributed by atoms with Gasteiger partial charge in [0.2, 0.25) is 5.91 Å². The van der Waals surface area contributed by atoms with Crippen LogP contribution in [0.15, 0.2) is 34.2 Å². The molecule has 1 aliphatic rings. The number of aromatic nitrogens is 5. The van der Waals surface area contributed by atoms with E-state index in [4.69, 9.17) is 0 Å². The van der Waals surface area contributed by atoms with E-state index >= 15 is 0 Å². The van der Waals surface area contributed by atoms with Crippen molar-refractivity contribution in [3.05, 3.63) is 45.5 Å². The first-order valence-corrected chi connectivity index (χ1v) is 10.2. The van der Waals surface area contributed by atoms with Crippen molar-refractivity contribution in [2.24, 2.45) is 14.1 Å². The molecular formula is C20H26N8O3. The van der Waals surface area contributed by atoms with E-state index in [-0.39, 0.29) is 11.5 Å². The smallest absolute Gasteiger partial charge is 0.332 e. The highest BCUT2D eigenvalue weighted by Gasteiger charge is 2.19. The summed E-state index contributed by atoms with van der Waals surface area (Å²) in [5, 5.41) is 3.25. The standard InChI is InChI=1S/C20H26N8O3/c1-14(29)26-8-10-27(11-9-26)15-4-5-16(22-12-15)21-6-7-28-13-23-18-17(28)19(30)25(3)20(31)24(18)2/h4-5,12-13H,6-11H2,1-3H3,(H,21,22). The number of imidazole rings is 1. The summed E-state index contributed by atoms with van der Waals surface area (Å²) in [5.41, 5.74) is 1.05. The van der Waals surface area contributed by atoms with Gasteiger partial charge >= 0.3 is 5.69 Å². The summed E-state index contributed by atoms with van der Waals surface area (Å²) in [7, 11) is 3.07. The van der Waals surface area contributed by atoms with Crippen LogP contribution in [-0.2, 0) is 25.4 Å². The number of fused-ring (bicyclic) bond motifs is 1. The average Bonchev–Trinajstić information content (AvgIpc) is 3.21. The third-order valence-corrected chi connectivity index (χ3v) is 5.71. The lowest BCUT2D eigenvalue weighted by Gasteiger charge is -2.35. The molecule has 4 heterocycles. The summed E-state index contributed by atoms with van der Waals surface area (Å²) in [6.07, 6.45) is 3.40. The predicted octanol–water partition coefficient (Wildman–Crippen LogP) is -0.391. The summed E-state index contributed by atoms with van der Waals surface area (Å²) in [5.74, 6) is 0.846. The fourth-order valence-corrected chi connectivity index (χ4v) is 3.83. The maximum atomic E-state index is 12.5. The topological polar surface area (TPSA) is 110 Å². The van der Waals surface area contributed by atoms with Crippen molar-refractivity contribution in [1.29, 1.82) is 0 Å². The lowest BCUT2D eigenvalue weighted by molar-refractivity contribution is -0.129. The molecule has 4 rings (SSSR count). The van der Waals surface area contributed by atoms with Crippen molar-refractivity contribution in [1.82, 2.24) is 28.6 Å². The summed E-state index contributed by atoms with van der Waals surface area (Å²) in [6.45, 7) is 5.67. The molecule has 1 N–H and O–H groups in total. The highest BCUT2D eigenvalue weighted by Crippen LogP contribution is 2.17. The minimum atomic E-state index is -0.395. The number of nitrogens with zero attached hydrogens (tertiary/aromatic N) is 7. The van der Waals surface area contributed by atoms with E-state index in [0.717, 1.165) is 42.3 Å². The molecule has 1 aliphatic heterocycles. The molecule has 11 nitrogen and oxygen atoms in total. The van der Waals surface area contributed by atoms with Gasteiger partial charge in [-0.05, 0) is 12.1 Å². The number of hydrogen-bond acceptors (Lipinski definition) is 7. The molecule has 0 spiro atoms. The average molecular weight is 426 g/mol. The quantitative estimate of drug-likeness (QED) is 0.592. The molecule has 0 radical (unpaired) electrons. The number of anilines is 2. The van der Waals surface area contributed by atoms with Gasteiger partial charge in [-0.15, -0.1) is 0 Å². The number of hydrogen-bond donors (Lipinski definition) is 1. The molecule has 0 unspecified atom stereocenters. The van der Waals surface area contributed by atoms with Crippen molar-refractivity contribution in [3.8, 4) is 0 Å². The molecule has 3 aromatic rings. The minimum absolute atomic E-state index is 0.114. The largest absolute Gasteiger partial charge is 0.368 e. The number of carbonyl (C=O) groups excluding carboxylic acids is 1. The lowest BCUT2D eigenvalue weighted by Crippen LogP contribution is -2.48. The van der Waals surface area contributed by atoms with Crippen molar-refractivity contribution in [2.75, 3.05) is 42.9 Å². The highest BCUT2D eigenvalue weighted by atomic mass is 16.2. The zero-order valence-electron chi connectivity index (χ0n) is 17.9. The van der Waals surface area contributed by atoms with Crippen molar-refractivity contribution in [2.45, 2.75) is 13.5 Å². The molecule has 1 amide bonds. The van der Waals surface area contributed by atoms with Crippen LogP contribution in [0, 0.1) is 0 Å². The molecule has 0 bridgehead atoms. The van der Waals surface area contributed by atoms with Crippen LogP contribution >= 0.6 is 0 Å². The van der Waals surface area contributed by atoms with Gasteiger partial charge in [-0.2, -0.15) is 0 Å². The molecule has 1 saturated heterocycles. The van der Waals surface area contributed by atoms with E-state index in [2.05, 4.69) is 20.2 Å². The van der Waals surface area contributed by atoms with E-state index in [1.54, 1.807) is 24.9 Å². The minimum Gasteiger partial charge on any atom is -0.368 e. The Labute approximate surface area is 178 Å². The lowest BCUT2D eigenvalue weighted by atomic mass is 10.2. The summed E-state index contributed by atoms with van der Waals surface area (Å²) in [4.78, 5) is 48.8. The number of piperazine rings is 1. The molecule has 164 valence electrons. The Morgan fingerprint density at radius 3 is 2.45 bits per heavy atom. The number of pyridine rings is 1. The van der Waals surface area contributed by atoms with Crippen LogP contribution in [0.25, 0.3) is 11.2 Å². The second-order valence-corrected chi connectivity index (χ2v) is 7.64. The van der Waals surface area contributed by atoms with Crippen LogP contribution in [0.4, 0.5) is 11.5 Å². The summed E-state index contributed by atoms with van der Waals surface area (Å²) >= 11 is 0. The van der Waals surface area contributed by atoms with Crippen LogP contribution in [0.5, 0.6) is 0 Å². The zero-order valence-corrected chi connectivity index (χ0v) is 17.9. The van der Waals surface area contributed by atoms with E-state index in [0.29, 0.717) is 24.3 Å². The highest BCUT2D eigenvalue weighted by molar-refractivity contribution is 5.73. The van der Waals surface area contributed by atoms with Crippen LogP contribution < -0.4 is 21.5 Å². The molecule has 0 saturated carbocycles.